The summed E-state index contributed by atoms with van der Waals surface area (Å²) in [6, 6.07) is 6.78. The minimum Gasteiger partial charge on any atom is -0.274 e. The van der Waals surface area contributed by atoms with E-state index in [1.165, 1.54) is 6.92 Å². The van der Waals surface area contributed by atoms with Crippen molar-refractivity contribution < 1.29 is 14.4 Å². The number of hydrazine groups is 1. The summed E-state index contributed by atoms with van der Waals surface area (Å²) < 4.78 is 0.994. The van der Waals surface area contributed by atoms with Crippen LogP contribution in [0.2, 0.25) is 0 Å². The molecule has 3 amide bonds. The summed E-state index contributed by atoms with van der Waals surface area (Å²) in [7, 11) is 0. The van der Waals surface area contributed by atoms with Gasteiger partial charge in [0.25, 0.3) is 5.56 Å². The van der Waals surface area contributed by atoms with E-state index in [0.717, 1.165) is 23.9 Å². The Balaban J connectivity index is 2.33. The van der Waals surface area contributed by atoms with Crippen LogP contribution in [-0.4, -0.2) is 27.4 Å². The predicted molar refractivity (Wildman–Crippen MR) is 95.6 cm³/mol. The molecule has 1 aromatic heterocycles. The maximum atomic E-state index is 12.7. The minimum absolute atomic E-state index is 0.328. The number of rotatable bonds is 5. The van der Waals surface area contributed by atoms with Crippen LogP contribution >= 0.6 is 0 Å². The zero-order valence-corrected chi connectivity index (χ0v) is 14.7. The Hall–Kier alpha value is -3.23. The van der Waals surface area contributed by atoms with E-state index in [4.69, 9.17) is 0 Å². The van der Waals surface area contributed by atoms with Crippen molar-refractivity contribution in [1.29, 1.82) is 0 Å². The van der Waals surface area contributed by atoms with E-state index < -0.39 is 23.3 Å². The topological polar surface area (TPSA) is 122 Å². The Morgan fingerprint density at radius 3 is 2.50 bits per heavy atom. The standard InChI is InChI=1S/C17H21N5O4/c1-3-4-5-10-14-18-13-9-7-6-8-12(13)17(26)22(14)21-16(25)15(24)20-19-11(2)23/h6-9H,3-5,10H2,1-2H3,(H,19,23)(H,20,24)(H,21,25). The largest absolute Gasteiger partial charge is 0.330 e. The Labute approximate surface area is 149 Å². The molecular weight excluding hydrogens is 338 g/mol. The molecule has 1 heterocycles. The van der Waals surface area contributed by atoms with Crippen molar-refractivity contribution in [3.63, 3.8) is 0 Å². The second-order valence-electron chi connectivity index (χ2n) is 5.72. The third-order valence-corrected chi connectivity index (χ3v) is 3.62. The molecule has 0 aliphatic rings. The highest BCUT2D eigenvalue weighted by Crippen LogP contribution is 2.09. The first-order valence-corrected chi connectivity index (χ1v) is 8.32. The first kappa shape index (κ1) is 19.1. The van der Waals surface area contributed by atoms with E-state index in [-0.39, 0.29) is 0 Å². The van der Waals surface area contributed by atoms with Gasteiger partial charge in [0.2, 0.25) is 5.91 Å². The molecule has 0 atom stereocenters. The second-order valence-corrected chi connectivity index (χ2v) is 5.72. The van der Waals surface area contributed by atoms with Gasteiger partial charge in [-0.05, 0) is 18.6 Å². The molecule has 0 bridgehead atoms. The van der Waals surface area contributed by atoms with Gasteiger partial charge in [0.1, 0.15) is 5.82 Å². The van der Waals surface area contributed by atoms with Gasteiger partial charge in [-0.25, -0.2) is 9.66 Å². The Kier molecular flexibility index (Phi) is 6.42. The van der Waals surface area contributed by atoms with Gasteiger partial charge in [-0.3, -0.25) is 35.5 Å². The van der Waals surface area contributed by atoms with Gasteiger partial charge >= 0.3 is 11.8 Å². The molecule has 2 rings (SSSR count). The number of para-hydroxylation sites is 1. The van der Waals surface area contributed by atoms with Crippen LogP contribution in [0, 0.1) is 0 Å². The highest BCUT2D eigenvalue weighted by Gasteiger charge is 2.18. The molecule has 0 fully saturated rings. The number of nitrogens with zero attached hydrogens (tertiary/aromatic N) is 2. The van der Waals surface area contributed by atoms with Crippen LogP contribution in [-0.2, 0) is 20.8 Å². The number of hydrogen-bond acceptors (Lipinski definition) is 5. The van der Waals surface area contributed by atoms with Crippen molar-refractivity contribution in [2.75, 3.05) is 5.43 Å². The second kappa shape index (κ2) is 8.75. The minimum atomic E-state index is -1.10. The van der Waals surface area contributed by atoms with E-state index >= 15 is 0 Å². The van der Waals surface area contributed by atoms with Crippen molar-refractivity contribution >= 4 is 28.6 Å². The highest BCUT2D eigenvalue weighted by atomic mass is 16.2. The molecule has 2 aromatic rings. The molecular formula is C17H21N5O4. The van der Waals surface area contributed by atoms with Crippen LogP contribution in [0.15, 0.2) is 29.1 Å². The van der Waals surface area contributed by atoms with Crippen LogP contribution in [0.3, 0.4) is 0 Å². The molecule has 0 radical (unpaired) electrons. The van der Waals surface area contributed by atoms with E-state index in [1.54, 1.807) is 24.3 Å². The summed E-state index contributed by atoms with van der Waals surface area (Å²) in [4.78, 5) is 51.7. The molecule has 0 saturated heterocycles. The summed E-state index contributed by atoms with van der Waals surface area (Å²) in [5.74, 6) is -2.35. The number of unbranched alkanes of at least 4 members (excludes halogenated alkanes) is 2. The Morgan fingerprint density at radius 1 is 1.08 bits per heavy atom. The number of aryl methyl sites for hydroxylation is 1. The molecule has 0 unspecified atom stereocenters. The van der Waals surface area contributed by atoms with Crippen LogP contribution in [0.25, 0.3) is 10.9 Å². The molecule has 9 nitrogen and oxygen atoms in total. The molecule has 9 heteroatoms. The summed E-state index contributed by atoms with van der Waals surface area (Å²) in [6.45, 7) is 3.23. The Morgan fingerprint density at radius 2 is 1.81 bits per heavy atom. The van der Waals surface area contributed by atoms with E-state index in [2.05, 4.69) is 17.3 Å². The third-order valence-electron chi connectivity index (χ3n) is 3.62. The quantitative estimate of drug-likeness (QED) is 0.404. The highest BCUT2D eigenvalue weighted by molar-refractivity contribution is 6.38. The molecule has 26 heavy (non-hydrogen) atoms. The fraction of sp³-hybridized carbons (Fsp3) is 0.353. The lowest BCUT2D eigenvalue weighted by atomic mass is 10.2. The van der Waals surface area contributed by atoms with Crippen LogP contribution in [0.4, 0.5) is 0 Å². The lowest BCUT2D eigenvalue weighted by molar-refractivity contribution is -0.138. The lowest BCUT2D eigenvalue weighted by Gasteiger charge is -2.14. The van der Waals surface area contributed by atoms with Crippen molar-refractivity contribution in [2.24, 2.45) is 0 Å². The first-order chi connectivity index (χ1) is 12.4. The number of benzene rings is 1. The molecule has 1 aromatic carbocycles. The zero-order chi connectivity index (χ0) is 19.1. The number of aromatic nitrogens is 2. The normalized spacial score (nSPS) is 10.4. The van der Waals surface area contributed by atoms with Crippen LogP contribution in [0.1, 0.15) is 38.9 Å². The monoisotopic (exact) mass is 359 g/mol. The molecule has 0 saturated carbocycles. The average molecular weight is 359 g/mol. The maximum Gasteiger partial charge on any atom is 0.330 e. The van der Waals surface area contributed by atoms with Gasteiger partial charge in [0, 0.05) is 13.3 Å². The third kappa shape index (κ3) is 4.65. The van der Waals surface area contributed by atoms with E-state index in [0.29, 0.717) is 23.1 Å². The van der Waals surface area contributed by atoms with Gasteiger partial charge in [0.05, 0.1) is 10.9 Å². The number of nitrogens with one attached hydrogen (secondary N) is 3. The SMILES string of the molecule is CCCCCc1nc2ccccc2c(=O)n1NC(=O)C(=O)NNC(C)=O. The van der Waals surface area contributed by atoms with E-state index in [1.807, 2.05) is 10.9 Å². The fourth-order valence-electron chi connectivity index (χ4n) is 2.35. The average Bonchev–Trinajstić information content (AvgIpc) is 2.62. The summed E-state index contributed by atoms with van der Waals surface area (Å²) in [5, 5.41) is 0.328. The molecule has 0 aliphatic heterocycles. The van der Waals surface area contributed by atoms with Crippen molar-refractivity contribution in [1.82, 2.24) is 20.5 Å². The van der Waals surface area contributed by atoms with Crippen LogP contribution in [0.5, 0.6) is 0 Å². The fourth-order valence-corrected chi connectivity index (χ4v) is 2.35. The predicted octanol–water partition coefficient (Wildman–Crippen LogP) is 0.367. The number of amides is 3. The van der Waals surface area contributed by atoms with Gasteiger partial charge < -0.3 is 0 Å². The molecule has 0 spiro atoms. The summed E-state index contributed by atoms with van der Waals surface area (Å²) in [6.07, 6.45) is 3.19. The molecule has 138 valence electrons. The van der Waals surface area contributed by atoms with Gasteiger partial charge in [-0.1, -0.05) is 31.9 Å². The summed E-state index contributed by atoms with van der Waals surface area (Å²) >= 11 is 0. The number of carbonyl (C=O) groups is 3. The lowest BCUT2D eigenvalue weighted by Crippen LogP contribution is -2.49. The smallest absolute Gasteiger partial charge is 0.274 e. The van der Waals surface area contributed by atoms with Crippen molar-refractivity contribution in [3.05, 3.63) is 40.4 Å². The van der Waals surface area contributed by atoms with Crippen molar-refractivity contribution in [3.8, 4) is 0 Å². The maximum absolute atomic E-state index is 12.7. The number of hydrogen-bond donors (Lipinski definition) is 3. The van der Waals surface area contributed by atoms with E-state index in [9.17, 15) is 19.2 Å². The number of fused-ring (bicyclic) bond motifs is 1. The van der Waals surface area contributed by atoms with Gasteiger partial charge in [0.15, 0.2) is 0 Å². The van der Waals surface area contributed by atoms with Gasteiger partial charge in [-0.2, -0.15) is 0 Å². The molecule has 3 N–H and O–H groups in total. The van der Waals surface area contributed by atoms with Crippen LogP contribution < -0.4 is 21.8 Å². The summed E-state index contributed by atoms with van der Waals surface area (Å²) in [5.41, 5.74) is 6.27. The molecule has 0 aliphatic carbocycles. The Bertz CT molecular complexity index is 890. The van der Waals surface area contributed by atoms with Crippen molar-refractivity contribution in [2.45, 2.75) is 39.5 Å². The van der Waals surface area contributed by atoms with Gasteiger partial charge in [-0.15, -0.1) is 0 Å². The zero-order valence-electron chi connectivity index (χ0n) is 14.7. The number of carbonyl (C=O) groups excluding carboxylic acids is 3. The first-order valence-electron chi connectivity index (χ1n) is 8.32.